The van der Waals surface area contributed by atoms with E-state index in [2.05, 4.69) is 8.44 Å². The summed E-state index contributed by atoms with van der Waals surface area (Å²) in [4.78, 5) is 0. The summed E-state index contributed by atoms with van der Waals surface area (Å²) in [7, 11) is 2.60. The highest BCUT2D eigenvalue weighted by Gasteiger charge is 2.31. The van der Waals surface area contributed by atoms with Gasteiger partial charge in [-0.1, -0.05) is 8.44 Å². The van der Waals surface area contributed by atoms with Gasteiger partial charge in [-0.05, 0) is 25.3 Å². The van der Waals surface area contributed by atoms with Gasteiger partial charge in [0.05, 0.1) is 6.10 Å². The van der Waals surface area contributed by atoms with E-state index < -0.39 is 0 Å². The second kappa shape index (κ2) is 3.91. The van der Waals surface area contributed by atoms with Gasteiger partial charge in [0.1, 0.15) is 0 Å². The van der Waals surface area contributed by atoms with E-state index >= 15 is 0 Å². The molecule has 1 saturated carbocycles. The van der Waals surface area contributed by atoms with Crippen molar-refractivity contribution < 1.29 is 5.11 Å². The van der Waals surface area contributed by atoms with Crippen LogP contribution in [-0.4, -0.2) is 23.0 Å². The molecule has 2 nitrogen and oxygen atoms in total. The van der Waals surface area contributed by atoms with E-state index in [1.807, 2.05) is 0 Å². The van der Waals surface area contributed by atoms with Crippen LogP contribution in [0.4, 0.5) is 0 Å². The van der Waals surface area contributed by atoms with E-state index in [-0.39, 0.29) is 6.10 Å². The van der Waals surface area contributed by atoms with Gasteiger partial charge in [0.2, 0.25) is 0 Å². The largest absolute Gasteiger partial charge is 0.392 e. The first-order valence-electron chi connectivity index (χ1n) is 3.51. The molecule has 0 amide bonds. The number of hydrogen-bond acceptors (Lipinski definition) is 3. The summed E-state index contributed by atoms with van der Waals surface area (Å²) in [5, 5.41) is 9.80. The zero-order valence-corrected chi connectivity index (χ0v) is 7.83. The smallest absolute Gasteiger partial charge is 0.0665 e. The third-order valence-corrected chi connectivity index (χ3v) is 3.98. The van der Waals surface area contributed by atoms with Gasteiger partial charge < -0.3 is 10.8 Å². The fourth-order valence-electron chi connectivity index (χ4n) is 1.41. The molecule has 10 heavy (non-hydrogen) atoms. The molecule has 1 rings (SSSR count). The van der Waals surface area contributed by atoms with Crippen molar-refractivity contribution in [3.63, 3.8) is 0 Å². The monoisotopic (exact) mass is 179 g/mol. The number of nitrogens with two attached hydrogens (primary N) is 1. The molecule has 0 bridgehead atoms. The Bertz CT molecular complexity index is 114. The highest BCUT2D eigenvalue weighted by molar-refractivity contribution is 8.44. The molecule has 0 aromatic heterocycles. The van der Waals surface area contributed by atoms with Crippen molar-refractivity contribution in [2.24, 2.45) is 11.7 Å². The lowest BCUT2D eigenvalue weighted by atomic mass is 10.1. The van der Waals surface area contributed by atoms with Crippen molar-refractivity contribution in [3.8, 4) is 0 Å². The Kier molecular flexibility index (Phi) is 3.44. The van der Waals surface area contributed by atoms with Gasteiger partial charge in [-0.15, -0.1) is 11.4 Å². The van der Waals surface area contributed by atoms with Crippen LogP contribution in [0.25, 0.3) is 0 Å². The quantitative estimate of drug-likeness (QED) is 0.610. The van der Waals surface area contributed by atoms with Crippen molar-refractivity contribution >= 4 is 19.8 Å². The Morgan fingerprint density at radius 3 is 2.60 bits per heavy atom. The molecule has 0 aliphatic heterocycles. The molecule has 1 aliphatic rings. The average Bonchev–Trinajstić information content (AvgIpc) is 2.30. The molecule has 0 heterocycles. The number of aliphatic hydroxyl groups excluding tert-OH is 1. The van der Waals surface area contributed by atoms with Gasteiger partial charge in [0.25, 0.3) is 0 Å². The van der Waals surface area contributed by atoms with Crippen LogP contribution in [-0.2, 0) is 0 Å². The molecule has 4 heteroatoms. The van der Waals surface area contributed by atoms with E-state index in [0.29, 0.717) is 11.2 Å². The molecule has 60 valence electrons. The Hall–Kier alpha value is 0.700. The van der Waals surface area contributed by atoms with Crippen LogP contribution >= 0.6 is 19.8 Å². The second-order valence-electron chi connectivity index (χ2n) is 2.82. The van der Waals surface area contributed by atoms with Gasteiger partial charge in [-0.2, -0.15) is 0 Å². The Morgan fingerprint density at radius 1 is 1.60 bits per heavy atom. The highest BCUT2D eigenvalue weighted by atomic mass is 32.7. The standard InChI is InChI=1S/C6H14NOPS/c7-3-4-1-5(8)6(2-4)10-9/h4-6,8H,1-3,7,9H2/t4-,5+,6+/m0/s1. The van der Waals surface area contributed by atoms with E-state index in [9.17, 15) is 5.11 Å². The van der Waals surface area contributed by atoms with Gasteiger partial charge in [-0.25, -0.2) is 0 Å². The SMILES string of the molecule is NC[C@H]1C[C@@H](O)[C@H](SP)C1. The molecule has 0 radical (unpaired) electrons. The van der Waals surface area contributed by atoms with Crippen molar-refractivity contribution in [2.75, 3.05) is 6.54 Å². The van der Waals surface area contributed by atoms with Gasteiger partial charge >= 0.3 is 0 Å². The Balaban J connectivity index is 2.36. The zero-order valence-electron chi connectivity index (χ0n) is 5.86. The third kappa shape index (κ3) is 1.85. The molecule has 0 aromatic carbocycles. The van der Waals surface area contributed by atoms with E-state index in [4.69, 9.17) is 5.73 Å². The van der Waals surface area contributed by atoms with Crippen molar-refractivity contribution in [3.05, 3.63) is 0 Å². The van der Waals surface area contributed by atoms with Crippen LogP contribution in [0.5, 0.6) is 0 Å². The summed E-state index contributed by atoms with van der Waals surface area (Å²) in [6, 6.07) is 0. The maximum atomic E-state index is 9.40. The van der Waals surface area contributed by atoms with Gasteiger partial charge in [0.15, 0.2) is 0 Å². The molecule has 1 unspecified atom stereocenters. The fourth-order valence-corrected chi connectivity index (χ4v) is 2.97. The lowest BCUT2D eigenvalue weighted by Gasteiger charge is -2.08. The highest BCUT2D eigenvalue weighted by Crippen LogP contribution is 2.36. The molecular weight excluding hydrogens is 165 g/mol. The summed E-state index contributed by atoms with van der Waals surface area (Å²) in [5.41, 5.74) is 5.49. The van der Waals surface area contributed by atoms with Gasteiger partial charge in [0, 0.05) is 5.25 Å². The molecule has 1 fully saturated rings. The maximum absolute atomic E-state index is 9.40. The lowest BCUT2D eigenvalue weighted by molar-refractivity contribution is 0.183. The maximum Gasteiger partial charge on any atom is 0.0665 e. The molecule has 0 aromatic rings. The Labute approximate surface area is 67.9 Å². The molecular formula is C6H14NOPS. The van der Waals surface area contributed by atoms with Gasteiger partial charge in [-0.3, -0.25) is 0 Å². The molecule has 1 aliphatic carbocycles. The summed E-state index contributed by atoms with van der Waals surface area (Å²) in [6.45, 7) is 0.721. The second-order valence-corrected chi connectivity index (χ2v) is 4.51. The topological polar surface area (TPSA) is 46.2 Å². The predicted molar refractivity (Wildman–Crippen MR) is 48.9 cm³/mol. The first-order valence-corrected chi connectivity index (χ1v) is 5.87. The molecule has 4 atom stereocenters. The van der Waals surface area contributed by atoms with Crippen LogP contribution < -0.4 is 5.73 Å². The molecule has 3 N–H and O–H groups in total. The van der Waals surface area contributed by atoms with Crippen LogP contribution in [0.1, 0.15) is 12.8 Å². The lowest BCUT2D eigenvalue weighted by Crippen LogP contribution is -2.13. The van der Waals surface area contributed by atoms with Crippen molar-refractivity contribution in [2.45, 2.75) is 24.2 Å². The molecule has 0 spiro atoms. The molecule has 0 saturated heterocycles. The van der Waals surface area contributed by atoms with Crippen LogP contribution in [0, 0.1) is 5.92 Å². The summed E-state index contributed by atoms with van der Waals surface area (Å²) >= 11 is 1.67. The van der Waals surface area contributed by atoms with Crippen LogP contribution in [0.15, 0.2) is 0 Å². The zero-order chi connectivity index (χ0) is 7.56. The van der Waals surface area contributed by atoms with Crippen molar-refractivity contribution in [1.29, 1.82) is 0 Å². The summed E-state index contributed by atoms with van der Waals surface area (Å²) in [6.07, 6.45) is 1.84. The first kappa shape index (κ1) is 8.79. The Morgan fingerprint density at radius 2 is 2.30 bits per heavy atom. The van der Waals surface area contributed by atoms with E-state index in [0.717, 1.165) is 19.4 Å². The predicted octanol–water partition coefficient (Wildman–Crippen LogP) is 0.608. The fraction of sp³-hybridized carbons (Fsp3) is 1.00. The van der Waals surface area contributed by atoms with Crippen LogP contribution in [0.3, 0.4) is 0 Å². The van der Waals surface area contributed by atoms with Crippen molar-refractivity contribution in [1.82, 2.24) is 0 Å². The number of hydrogen-bond donors (Lipinski definition) is 2. The number of rotatable bonds is 2. The van der Waals surface area contributed by atoms with Crippen LogP contribution in [0.2, 0.25) is 0 Å². The average molecular weight is 179 g/mol. The van der Waals surface area contributed by atoms with E-state index in [1.165, 1.54) is 0 Å². The minimum Gasteiger partial charge on any atom is -0.392 e. The summed E-state index contributed by atoms with van der Waals surface area (Å²) < 4.78 is 0. The third-order valence-electron chi connectivity index (χ3n) is 2.08. The minimum absolute atomic E-state index is 0.129. The van der Waals surface area contributed by atoms with E-state index in [1.54, 1.807) is 11.4 Å². The first-order chi connectivity index (χ1) is 4.77. The number of aliphatic hydroxyl groups is 1. The normalized spacial score (nSPS) is 40.5. The summed E-state index contributed by atoms with van der Waals surface area (Å²) in [5.74, 6) is 0.549. The minimum atomic E-state index is -0.129.